The van der Waals surface area contributed by atoms with Crippen LogP contribution in [0.5, 0.6) is 5.75 Å². The predicted molar refractivity (Wildman–Crippen MR) is 109 cm³/mol. The van der Waals surface area contributed by atoms with E-state index < -0.39 is 0 Å². The van der Waals surface area contributed by atoms with Crippen molar-refractivity contribution in [1.29, 1.82) is 0 Å². The molecule has 3 aromatic carbocycles. The van der Waals surface area contributed by atoms with Crippen molar-refractivity contribution in [2.24, 2.45) is 0 Å². The Hall–Kier alpha value is -3.24. The van der Waals surface area contributed by atoms with Crippen LogP contribution < -0.4 is 4.74 Å². The van der Waals surface area contributed by atoms with E-state index in [-0.39, 0.29) is 5.78 Å². The first-order valence-corrected chi connectivity index (χ1v) is 9.38. The van der Waals surface area contributed by atoms with Gasteiger partial charge in [0.05, 0.1) is 12.8 Å². The fraction of sp³-hybridized carbons (Fsp3) is 0.0435. The number of methoxy groups -OCH3 is 1. The summed E-state index contributed by atoms with van der Waals surface area (Å²) in [5.41, 5.74) is 3.27. The third-order valence-corrected chi connectivity index (χ3v) is 5.36. The second kappa shape index (κ2) is 7.56. The SMILES string of the molecule is COc1ccc(-c2nc(-c3ccccc3)sc2C(=O)c2ccccc2)cc1. The quantitative estimate of drug-likeness (QED) is 0.421. The van der Waals surface area contributed by atoms with Gasteiger partial charge in [-0.1, -0.05) is 60.7 Å². The van der Waals surface area contributed by atoms with Crippen molar-refractivity contribution < 1.29 is 9.53 Å². The van der Waals surface area contributed by atoms with Gasteiger partial charge in [0.15, 0.2) is 0 Å². The number of carbonyl (C=O) groups is 1. The van der Waals surface area contributed by atoms with Crippen molar-refractivity contribution in [2.75, 3.05) is 7.11 Å². The van der Waals surface area contributed by atoms with Crippen LogP contribution in [0.25, 0.3) is 21.8 Å². The smallest absolute Gasteiger partial charge is 0.205 e. The van der Waals surface area contributed by atoms with Gasteiger partial charge in [0.1, 0.15) is 15.6 Å². The molecule has 0 fully saturated rings. The van der Waals surface area contributed by atoms with Crippen LogP contribution in [0, 0.1) is 0 Å². The first-order valence-electron chi connectivity index (χ1n) is 8.56. The molecule has 4 heteroatoms. The number of carbonyl (C=O) groups excluding carboxylic acids is 1. The maximum atomic E-state index is 13.2. The van der Waals surface area contributed by atoms with E-state index >= 15 is 0 Å². The number of thiazole rings is 1. The summed E-state index contributed by atoms with van der Waals surface area (Å²) in [6, 6.07) is 26.9. The lowest BCUT2D eigenvalue weighted by Gasteiger charge is -2.04. The zero-order valence-electron chi connectivity index (χ0n) is 14.8. The molecule has 0 spiro atoms. The highest BCUT2D eigenvalue weighted by molar-refractivity contribution is 7.17. The van der Waals surface area contributed by atoms with E-state index in [4.69, 9.17) is 9.72 Å². The lowest BCUT2D eigenvalue weighted by Crippen LogP contribution is -2.00. The molecule has 4 aromatic rings. The van der Waals surface area contributed by atoms with E-state index in [0.717, 1.165) is 21.9 Å². The molecule has 0 amide bonds. The van der Waals surface area contributed by atoms with Gasteiger partial charge >= 0.3 is 0 Å². The van der Waals surface area contributed by atoms with Crippen LogP contribution in [0.2, 0.25) is 0 Å². The summed E-state index contributed by atoms with van der Waals surface area (Å²) in [4.78, 5) is 18.6. The molecule has 0 N–H and O–H groups in total. The third kappa shape index (κ3) is 3.52. The minimum atomic E-state index is -0.0129. The number of nitrogens with zero attached hydrogens (tertiary/aromatic N) is 1. The largest absolute Gasteiger partial charge is 0.497 e. The van der Waals surface area contributed by atoms with E-state index in [2.05, 4.69) is 0 Å². The molecule has 3 nitrogen and oxygen atoms in total. The Morgan fingerprint density at radius 3 is 2.07 bits per heavy atom. The van der Waals surface area contributed by atoms with Gasteiger partial charge in [0, 0.05) is 16.7 Å². The Labute approximate surface area is 161 Å². The highest BCUT2D eigenvalue weighted by atomic mass is 32.1. The van der Waals surface area contributed by atoms with Gasteiger partial charge in [-0.25, -0.2) is 4.98 Å². The molecule has 1 heterocycles. The molecule has 4 rings (SSSR count). The maximum Gasteiger partial charge on any atom is 0.205 e. The minimum absolute atomic E-state index is 0.0129. The van der Waals surface area contributed by atoms with Crippen molar-refractivity contribution in [3.63, 3.8) is 0 Å². The molecule has 0 saturated carbocycles. The van der Waals surface area contributed by atoms with E-state index in [1.807, 2.05) is 84.9 Å². The summed E-state index contributed by atoms with van der Waals surface area (Å²) in [5.74, 6) is 0.759. The third-order valence-electron chi connectivity index (χ3n) is 4.25. The van der Waals surface area contributed by atoms with Gasteiger partial charge in [-0.2, -0.15) is 0 Å². The Balaban J connectivity index is 1.84. The lowest BCUT2D eigenvalue weighted by molar-refractivity contribution is 0.104. The maximum absolute atomic E-state index is 13.2. The van der Waals surface area contributed by atoms with Crippen LogP contribution >= 0.6 is 11.3 Å². The number of ketones is 1. The number of hydrogen-bond donors (Lipinski definition) is 0. The second-order valence-electron chi connectivity index (χ2n) is 5.99. The van der Waals surface area contributed by atoms with Crippen LogP contribution in [-0.2, 0) is 0 Å². The first kappa shape index (κ1) is 17.2. The van der Waals surface area contributed by atoms with Crippen LogP contribution in [0.3, 0.4) is 0 Å². The zero-order valence-corrected chi connectivity index (χ0v) is 15.6. The van der Waals surface area contributed by atoms with Crippen LogP contribution in [0.4, 0.5) is 0 Å². The molecule has 0 saturated heterocycles. The minimum Gasteiger partial charge on any atom is -0.497 e. The van der Waals surface area contributed by atoms with Crippen LogP contribution in [-0.4, -0.2) is 17.9 Å². The van der Waals surface area contributed by atoms with Crippen molar-refractivity contribution in [3.05, 3.63) is 95.4 Å². The van der Waals surface area contributed by atoms with Crippen molar-refractivity contribution in [2.45, 2.75) is 0 Å². The normalized spacial score (nSPS) is 10.6. The van der Waals surface area contributed by atoms with Gasteiger partial charge in [-0.3, -0.25) is 4.79 Å². The second-order valence-corrected chi connectivity index (χ2v) is 6.99. The molecule has 0 bridgehead atoms. The van der Waals surface area contributed by atoms with E-state index in [9.17, 15) is 4.79 Å². The fourth-order valence-electron chi connectivity index (χ4n) is 2.84. The standard InChI is InChI=1S/C23H17NO2S/c1-26-19-14-12-16(13-15-19)20-22(21(25)17-8-4-2-5-9-17)27-23(24-20)18-10-6-3-7-11-18/h2-15H,1H3. The summed E-state index contributed by atoms with van der Waals surface area (Å²) in [6.45, 7) is 0. The zero-order chi connectivity index (χ0) is 18.6. The molecule has 0 aliphatic heterocycles. The molecule has 1 aromatic heterocycles. The van der Waals surface area contributed by atoms with Crippen LogP contribution in [0.1, 0.15) is 15.2 Å². The number of aromatic nitrogens is 1. The van der Waals surface area contributed by atoms with Gasteiger partial charge < -0.3 is 4.74 Å². The number of rotatable bonds is 5. The Morgan fingerprint density at radius 2 is 1.44 bits per heavy atom. The number of hydrogen-bond acceptors (Lipinski definition) is 4. The molecule has 0 unspecified atom stereocenters. The summed E-state index contributed by atoms with van der Waals surface area (Å²) in [5, 5.41) is 0.834. The monoisotopic (exact) mass is 371 g/mol. The topological polar surface area (TPSA) is 39.2 Å². The number of ether oxygens (including phenoxy) is 1. The molecule has 0 atom stereocenters. The Kier molecular flexibility index (Phi) is 4.81. The van der Waals surface area contributed by atoms with Gasteiger partial charge in [-0.15, -0.1) is 11.3 Å². The van der Waals surface area contributed by atoms with E-state index in [1.54, 1.807) is 7.11 Å². The van der Waals surface area contributed by atoms with Gasteiger partial charge in [0.25, 0.3) is 0 Å². The number of benzene rings is 3. The van der Waals surface area contributed by atoms with Gasteiger partial charge in [0.2, 0.25) is 5.78 Å². The van der Waals surface area contributed by atoms with E-state index in [1.165, 1.54) is 11.3 Å². The Morgan fingerprint density at radius 1 is 0.815 bits per heavy atom. The molecular formula is C23H17NO2S. The first-order chi connectivity index (χ1) is 13.3. The molecule has 0 aliphatic carbocycles. The van der Waals surface area contributed by atoms with Crippen molar-refractivity contribution in [3.8, 4) is 27.6 Å². The highest BCUT2D eigenvalue weighted by Gasteiger charge is 2.21. The summed E-state index contributed by atoms with van der Waals surface area (Å²) < 4.78 is 5.24. The molecule has 0 aliphatic rings. The Bertz CT molecular complexity index is 1050. The predicted octanol–water partition coefficient (Wildman–Crippen LogP) is 5.72. The van der Waals surface area contributed by atoms with E-state index in [0.29, 0.717) is 16.1 Å². The molecular weight excluding hydrogens is 354 g/mol. The highest BCUT2D eigenvalue weighted by Crippen LogP contribution is 2.35. The van der Waals surface area contributed by atoms with Crippen molar-refractivity contribution in [1.82, 2.24) is 4.98 Å². The van der Waals surface area contributed by atoms with Crippen LogP contribution in [0.15, 0.2) is 84.9 Å². The van der Waals surface area contributed by atoms with Gasteiger partial charge in [-0.05, 0) is 24.3 Å². The fourth-order valence-corrected chi connectivity index (χ4v) is 3.90. The average Bonchev–Trinajstić information content (AvgIpc) is 3.20. The lowest BCUT2D eigenvalue weighted by atomic mass is 10.0. The molecule has 27 heavy (non-hydrogen) atoms. The summed E-state index contributed by atoms with van der Waals surface area (Å²) in [6.07, 6.45) is 0. The summed E-state index contributed by atoms with van der Waals surface area (Å²) in [7, 11) is 1.63. The molecule has 132 valence electrons. The van der Waals surface area contributed by atoms with Crippen molar-refractivity contribution >= 4 is 17.1 Å². The molecule has 0 radical (unpaired) electrons. The average molecular weight is 371 g/mol. The summed E-state index contributed by atoms with van der Waals surface area (Å²) >= 11 is 1.43.